The molecule has 2 saturated heterocycles. The van der Waals surface area contributed by atoms with E-state index in [4.69, 9.17) is 9.47 Å². The molecule has 2 aromatic heterocycles. The van der Waals surface area contributed by atoms with Crippen LogP contribution >= 0.6 is 0 Å². The Kier molecular flexibility index (Phi) is 5.95. The first-order valence-corrected chi connectivity index (χ1v) is 11.9. The first kappa shape index (κ1) is 24.5. The van der Waals surface area contributed by atoms with E-state index in [-0.39, 0.29) is 5.69 Å². The molecule has 5 rings (SSSR count). The van der Waals surface area contributed by atoms with Gasteiger partial charge in [-0.05, 0) is 24.3 Å². The first-order chi connectivity index (χ1) is 16.9. The summed E-state index contributed by atoms with van der Waals surface area (Å²) in [5.74, 6) is -0.223. The number of hydrogen-bond acceptors (Lipinski definition) is 6. The lowest BCUT2D eigenvalue weighted by atomic mass is 9.95. The van der Waals surface area contributed by atoms with Gasteiger partial charge in [0.05, 0.1) is 36.4 Å². The number of anilines is 2. The number of fused-ring (bicyclic) bond motifs is 1. The number of rotatable bonds is 3. The van der Waals surface area contributed by atoms with Crippen molar-refractivity contribution in [1.82, 2.24) is 14.6 Å². The Hall–Kier alpha value is -3.18. The van der Waals surface area contributed by atoms with Gasteiger partial charge in [0.1, 0.15) is 5.82 Å². The molecule has 0 unspecified atom stereocenters. The maximum atomic E-state index is 13.6. The highest BCUT2D eigenvalue weighted by molar-refractivity contribution is 5.96. The molecule has 3 aromatic rings. The molecule has 2 fully saturated rings. The Balaban J connectivity index is 1.42. The molecule has 11 heteroatoms. The van der Waals surface area contributed by atoms with E-state index in [0.717, 1.165) is 37.8 Å². The molecule has 0 aliphatic carbocycles. The third-order valence-electron chi connectivity index (χ3n) is 6.52. The Labute approximate surface area is 206 Å². The molecule has 2 aliphatic heterocycles. The number of nitrogens with zero attached hydrogens (tertiary/aromatic N) is 4. The highest BCUT2D eigenvalue weighted by Gasteiger charge is 2.40. The van der Waals surface area contributed by atoms with Crippen LogP contribution in [-0.4, -0.2) is 52.6 Å². The van der Waals surface area contributed by atoms with Crippen molar-refractivity contribution in [3.63, 3.8) is 0 Å². The normalized spacial score (nSPS) is 18.2. The number of hydrogen-bond donors (Lipinski definition) is 1. The minimum atomic E-state index is -4.62. The van der Waals surface area contributed by atoms with Crippen molar-refractivity contribution in [1.29, 1.82) is 0 Å². The lowest BCUT2D eigenvalue weighted by Gasteiger charge is -2.37. The summed E-state index contributed by atoms with van der Waals surface area (Å²) in [7, 11) is 0. The number of ether oxygens (including phenoxy) is 2. The van der Waals surface area contributed by atoms with E-state index in [1.165, 1.54) is 12.1 Å². The van der Waals surface area contributed by atoms with Crippen LogP contribution in [-0.2, 0) is 20.4 Å². The number of alkyl halides is 3. The molecule has 1 aromatic carbocycles. The summed E-state index contributed by atoms with van der Waals surface area (Å²) in [6.07, 6.45) is -1.45. The smallest absolute Gasteiger partial charge is 0.355 e. The predicted molar refractivity (Wildman–Crippen MR) is 128 cm³/mol. The van der Waals surface area contributed by atoms with Crippen molar-refractivity contribution in [2.45, 2.75) is 45.6 Å². The minimum Gasteiger partial charge on any atom is -0.355 e. The number of nitrogens with one attached hydrogen (secondary N) is 1. The van der Waals surface area contributed by atoms with Crippen LogP contribution in [0.2, 0.25) is 0 Å². The summed E-state index contributed by atoms with van der Waals surface area (Å²) < 4.78 is 54.0. The lowest BCUT2D eigenvalue weighted by molar-refractivity contribution is -0.169. The molecule has 0 saturated carbocycles. The molecule has 192 valence electrons. The van der Waals surface area contributed by atoms with Gasteiger partial charge in [0, 0.05) is 36.9 Å². The van der Waals surface area contributed by atoms with Crippen LogP contribution in [0.3, 0.4) is 0 Å². The highest BCUT2D eigenvalue weighted by Crippen LogP contribution is 2.38. The van der Waals surface area contributed by atoms with E-state index in [1.807, 2.05) is 12.1 Å². The molecule has 0 atom stereocenters. The van der Waals surface area contributed by atoms with Gasteiger partial charge in [0.15, 0.2) is 11.4 Å². The largest absolute Gasteiger partial charge is 0.418 e. The van der Waals surface area contributed by atoms with Gasteiger partial charge in [-0.25, -0.2) is 9.50 Å². The van der Waals surface area contributed by atoms with Gasteiger partial charge < -0.3 is 19.7 Å². The monoisotopic (exact) mass is 503 g/mol. The highest BCUT2D eigenvalue weighted by atomic mass is 19.4. The Morgan fingerprint density at radius 3 is 2.39 bits per heavy atom. The molecular formula is C25H28F3N5O3. The number of imidazole rings is 1. The molecular weight excluding hydrogens is 475 g/mol. The number of carbonyl (C=O) groups is 1. The number of carbonyl (C=O) groups excluding carboxylic acids is 1. The topological polar surface area (TPSA) is 81.0 Å². The molecule has 1 amide bonds. The molecule has 8 nitrogen and oxygen atoms in total. The molecule has 2 aliphatic rings. The summed E-state index contributed by atoms with van der Waals surface area (Å²) in [6.45, 7) is 7.62. The lowest BCUT2D eigenvalue weighted by Crippen LogP contribution is -2.45. The Bertz CT molecular complexity index is 1280. The second kappa shape index (κ2) is 8.74. The molecule has 0 radical (unpaired) electrons. The van der Waals surface area contributed by atoms with E-state index in [1.54, 1.807) is 31.5 Å². The zero-order valence-corrected chi connectivity index (χ0v) is 20.4. The Morgan fingerprint density at radius 1 is 1.06 bits per heavy atom. The van der Waals surface area contributed by atoms with Gasteiger partial charge >= 0.3 is 6.18 Å². The second-order valence-electron chi connectivity index (χ2n) is 10.2. The fraction of sp³-hybridized carbons (Fsp3) is 0.480. The predicted octanol–water partition coefficient (Wildman–Crippen LogP) is 4.74. The van der Waals surface area contributed by atoms with Gasteiger partial charge in [-0.15, -0.1) is 5.10 Å². The average Bonchev–Trinajstić information content (AvgIpc) is 3.45. The van der Waals surface area contributed by atoms with Crippen molar-refractivity contribution in [3.8, 4) is 11.3 Å². The number of aromatic nitrogens is 3. The minimum absolute atomic E-state index is 0.302. The number of piperidine rings is 1. The van der Waals surface area contributed by atoms with Crippen molar-refractivity contribution >= 4 is 23.1 Å². The summed E-state index contributed by atoms with van der Waals surface area (Å²) in [6, 6.07) is 7.32. The van der Waals surface area contributed by atoms with Crippen LogP contribution in [0.1, 0.15) is 39.2 Å². The van der Waals surface area contributed by atoms with E-state index >= 15 is 0 Å². The number of benzene rings is 1. The first-order valence-electron chi connectivity index (χ1n) is 11.9. The van der Waals surface area contributed by atoms with Crippen molar-refractivity contribution < 1.29 is 27.4 Å². The summed E-state index contributed by atoms with van der Waals surface area (Å²) in [5.41, 5.74) is -0.619. The van der Waals surface area contributed by atoms with Crippen LogP contribution in [0.5, 0.6) is 0 Å². The van der Waals surface area contributed by atoms with Gasteiger partial charge in [-0.1, -0.05) is 26.8 Å². The van der Waals surface area contributed by atoms with Crippen LogP contribution in [0.4, 0.5) is 24.7 Å². The molecule has 4 heterocycles. The summed E-state index contributed by atoms with van der Waals surface area (Å²) in [5, 5.41) is 7.11. The molecule has 36 heavy (non-hydrogen) atoms. The zero-order valence-electron chi connectivity index (χ0n) is 20.4. The van der Waals surface area contributed by atoms with E-state index in [2.05, 4.69) is 20.3 Å². The molecule has 1 N–H and O–H groups in total. The van der Waals surface area contributed by atoms with E-state index in [9.17, 15) is 18.0 Å². The third kappa shape index (κ3) is 4.77. The summed E-state index contributed by atoms with van der Waals surface area (Å²) >= 11 is 0. The van der Waals surface area contributed by atoms with Crippen LogP contribution < -0.4 is 10.2 Å². The zero-order chi connectivity index (χ0) is 25.7. The maximum Gasteiger partial charge on any atom is 0.418 e. The van der Waals surface area contributed by atoms with Crippen LogP contribution in [0.15, 0.2) is 36.5 Å². The Morgan fingerprint density at radius 2 is 1.75 bits per heavy atom. The molecule has 1 spiro atoms. The quantitative estimate of drug-likeness (QED) is 0.556. The van der Waals surface area contributed by atoms with Crippen molar-refractivity contribution in [2.75, 3.05) is 36.5 Å². The molecule has 0 bridgehead atoms. The van der Waals surface area contributed by atoms with Crippen molar-refractivity contribution in [3.05, 3.63) is 42.1 Å². The number of amides is 1. The fourth-order valence-corrected chi connectivity index (χ4v) is 4.41. The SMILES string of the molecule is CC(C)(C)C(=O)Nc1cc(-c2cn3nc(N4CCC5(CC4)OCCO5)ccc3n2)ccc1C(F)(F)F. The third-order valence-corrected chi connectivity index (χ3v) is 6.52. The van der Waals surface area contributed by atoms with Crippen LogP contribution in [0.25, 0.3) is 16.9 Å². The fourth-order valence-electron chi connectivity index (χ4n) is 4.41. The average molecular weight is 504 g/mol. The standard InChI is InChI=1S/C25H28F3N5O3/c1-23(2,3)22(34)30-18-14-16(4-5-17(18)25(26,27)28)19-15-33-20(29-19)6-7-21(31-33)32-10-8-24(9-11-32)35-12-13-36-24/h4-7,14-15H,8-13H2,1-3H3,(H,30,34). The van der Waals surface area contributed by atoms with E-state index < -0.39 is 28.8 Å². The van der Waals surface area contributed by atoms with E-state index in [0.29, 0.717) is 30.1 Å². The van der Waals surface area contributed by atoms with Gasteiger partial charge in [0.25, 0.3) is 0 Å². The maximum absolute atomic E-state index is 13.6. The van der Waals surface area contributed by atoms with Gasteiger partial charge in [-0.3, -0.25) is 4.79 Å². The second-order valence-corrected chi connectivity index (χ2v) is 10.2. The van der Waals surface area contributed by atoms with Gasteiger partial charge in [0.2, 0.25) is 5.91 Å². The summed E-state index contributed by atoms with van der Waals surface area (Å²) in [4.78, 5) is 19.1. The van der Waals surface area contributed by atoms with Gasteiger partial charge in [-0.2, -0.15) is 13.2 Å². The van der Waals surface area contributed by atoms with Crippen LogP contribution in [0, 0.1) is 5.41 Å². The number of halogens is 3. The van der Waals surface area contributed by atoms with Crippen molar-refractivity contribution in [2.24, 2.45) is 5.41 Å².